The van der Waals surface area contributed by atoms with Crippen molar-refractivity contribution in [2.45, 2.75) is 0 Å². The highest BCUT2D eigenvalue weighted by Crippen LogP contribution is 2.36. The Kier molecular flexibility index (Phi) is 5.32. The third-order valence-corrected chi connectivity index (χ3v) is 5.42. The average molecular weight is 397 g/mol. The molecule has 0 amide bonds. The number of rotatable bonds is 5. The molecule has 5 aromatic rings. The van der Waals surface area contributed by atoms with E-state index in [1.807, 2.05) is 24.3 Å². The maximum atomic E-state index is 3.13. The van der Waals surface area contributed by atoms with Crippen molar-refractivity contribution in [2.24, 2.45) is 0 Å². The molecule has 0 aliphatic carbocycles. The highest BCUT2D eigenvalue weighted by molar-refractivity contribution is 5.79. The molecular weight excluding hydrogens is 374 g/mol. The van der Waals surface area contributed by atoms with Gasteiger partial charge in [0.05, 0.1) is 0 Å². The van der Waals surface area contributed by atoms with Crippen LogP contribution >= 0.6 is 0 Å². The number of nitrogens with zero attached hydrogens (tertiary/aromatic N) is 1. The van der Waals surface area contributed by atoms with Gasteiger partial charge >= 0.3 is 0 Å². The lowest BCUT2D eigenvalue weighted by atomic mass is 10.0. The lowest BCUT2D eigenvalue weighted by Crippen LogP contribution is -2.09. The summed E-state index contributed by atoms with van der Waals surface area (Å²) in [5.74, 6) is 0. The van der Waals surface area contributed by atoms with Crippen molar-refractivity contribution < 1.29 is 0 Å². The summed E-state index contributed by atoms with van der Waals surface area (Å²) in [6, 6.07) is 49.7. The Morgan fingerprint density at radius 2 is 0.710 bits per heavy atom. The normalized spacial score (nSPS) is 10.6. The van der Waals surface area contributed by atoms with Gasteiger partial charge in [-0.1, -0.05) is 97.1 Å². The first-order valence-corrected chi connectivity index (χ1v) is 10.5. The predicted molar refractivity (Wildman–Crippen MR) is 131 cm³/mol. The summed E-state index contributed by atoms with van der Waals surface area (Å²) in [4.78, 5) is 2.28. The molecule has 31 heavy (non-hydrogen) atoms. The maximum Gasteiger partial charge on any atom is 0.0462 e. The highest BCUT2D eigenvalue weighted by atomic mass is 15.1. The summed E-state index contributed by atoms with van der Waals surface area (Å²) in [5.41, 5.74) is 8.23. The Bertz CT molecular complexity index is 1140. The summed E-state index contributed by atoms with van der Waals surface area (Å²) < 4.78 is 0. The smallest absolute Gasteiger partial charge is 0.0462 e. The minimum atomic E-state index is 1.11. The maximum absolute atomic E-state index is 3.13. The van der Waals surface area contributed by atoms with Crippen LogP contribution in [0, 0.1) is 6.07 Å². The Hall–Kier alpha value is -4.10. The molecule has 1 heteroatoms. The number of hydrogen-bond donors (Lipinski definition) is 0. The van der Waals surface area contributed by atoms with Gasteiger partial charge in [-0.2, -0.15) is 0 Å². The molecule has 0 saturated carbocycles. The molecule has 0 aromatic heterocycles. The summed E-state index contributed by atoms with van der Waals surface area (Å²) in [5, 5.41) is 0. The number of benzene rings is 5. The summed E-state index contributed by atoms with van der Waals surface area (Å²) in [6.45, 7) is 0. The van der Waals surface area contributed by atoms with E-state index in [0.29, 0.717) is 0 Å². The fourth-order valence-corrected chi connectivity index (χ4v) is 3.84. The van der Waals surface area contributed by atoms with Gasteiger partial charge in [0.2, 0.25) is 0 Å². The Labute approximate surface area is 183 Å². The standard InChI is InChI=1S/C30H22N/c1-4-10-24(11-5-1)26-16-20-29(21-17-26)31(28-14-8-3-9-15-28)30-22-18-27(19-23-30)25-12-6-2-7-13-25/h1-2,4-23H. The molecule has 0 aliphatic rings. The van der Waals surface area contributed by atoms with Crippen LogP contribution in [0.2, 0.25) is 0 Å². The first kappa shape index (κ1) is 18.9. The quantitative estimate of drug-likeness (QED) is 0.289. The second-order valence-corrected chi connectivity index (χ2v) is 7.42. The Morgan fingerprint density at radius 1 is 0.355 bits per heavy atom. The molecule has 0 heterocycles. The molecule has 0 bridgehead atoms. The van der Waals surface area contributed by atoms with Crippen LogP contribution in [0.5, 0.6) is 0 Å². The van der Waals surface area contributed by atoms with Crippen LogP contribution in [0.25, 0.3) is 22.3 Å². The third-order valence-electron chi connectivity index (χ3n) is 5.42. The second-order valence-electron chi connectivity index (χ2n) is 7.42. The molecule has 5 aromatic carbocycles. The van der Waals surface area contributed by atoms with Gasteiger partial charge in [0, 0.05) is 17.1 Å². The zero-order chi connectivity index (χ0) is 20.9. The molecule has 0 N–H and O–H groups in total. The van der Waals surface area contributed by atoms with Crippen molar-refractivity contribution in [3.63, 3.8) is 0 Å². The lowest BCUT2D eigenvalue weighted by molar-refractivity contribution is 1.28. The summed E-state index contributed by atoms with van der Waals surface area (Å²) >= 11 is 0. The van der Waals surface area contributed by atoms with E-state index >= 15 is 0 Å². The van der Waals surface area contributed by atoms with E-state index in [2.05, 4.69) is 120 Å². The van der Waals surface area contributed by atoms with E-state index in [1.165, 1.54) is 22.3 Å². The van der Waals surface area contributed by atoms with Gasteiger partial charge in [-0.25, -0.2) is 0 Å². The van der Waals surface area contributed by atoms with Gasteiger partial charge in [0.15, 0.2) is 0 Å². The van der Waals surface area contributed by atoms with Crippen molar-refractivity contribution in [3.05, 3.63) is 140 Å². The first-order valence-electron chi connectivity index (χ1n) is 10.5. The van der Waals surface area contributed by atoms with Crippen LogP contribution in [-0.2, 0) is 0 Å². The second kappa shape index (κ2) is 8.73. The molecule has 1 nitrogen and oxygen atoms in total. The van der Waals surface area contributed by atoms with Gasteiger partial charge < -0.3 is 4.90 Å². The number of hydrogen-bond acceptors (Lipinski definition) is 1. The fourth-order valence-electron chi connectivity index (χ4n) is 3.84. The van der Waals surface area contributed by atoms with E-state index in [4.69, 9.17) is 0 Å². The van der Waals surface area contributed by atoms with Crippen LogP contribution in [0.1, 0.15) is 0 Å². The van der Waals surface area contributed by atoms with Gasteiger partial charge in [0.1, 0.15) is 0 Å². The molecule has 0 fully saturated rings. The minimum absolute atomic E-state index is 1.11. The summed E-state index contributed by atoms with van der Waals surface area (Å²) in [7, 11) is 0. The van der Waals surface area contributed by atoms with Gasteiger partial charge in [-0.3, -0.25) is 0 Å². The van der Waals surface area contributed by atoms with Crippen LogP contribution < -0.4 is 4.90 Å². The zero-order valence-corrected chi connectivity index (χ0v) is 17.1. The van der Waals surface area contributed by atoms with Crippen molar-refractivity contribution in [1.29, 1.82) is 0 Å². The van der Waals surface area contributed by atoms with Crippen molar-refractivity contribution in [2.75, 3.05) is 4.90 Å². The molecule has 1 radical (unpaired) electrons. The third kappa shape index (κ3) is 4.12. The van der Waals surface area contributed by atoms with Gasteiger partial charge in [-0.05, 0) is 64.7 Å². The molecule has 0 spiro atoms. The van der Waals surface area contributed by atoms with Crippen LogP contribution in [0.4, 0.5) is 17.1 Å². The highest BCUT2D eigenvalue weighted by Gasteiger charge is 2.12. The van der Waals surface area contributed by atoms with E-state index in [1.54, 1.807) is 0 Å². The SMILES string of the molecule is [c]1ccc(N(c2ccc(-c3ccccc3)cc2)c2ccc(-c3ccccc3)cc2)cc1. The minimum Gasteiger partial charge on any atom is -0.311 e. The first-order chi connectivity index (χ1) is 15.4. The van der Waals surface area contributed by atoms with E-state index in [9.17, 15) is 0 Å². The molecule has 0 aliphatic heterocycles. The van der Waals surface area contributed by atoms with E-state index in [-0.39, 0.29) is 0 Å². The largest absolute Gasteiger partial charge is 0.311 e. The topological polar surface area (TPSA) is 3.24 Å². The Morgan fingerprint density at radius 3 is 1.13 bits per heavy atom. The van der Waals surface area contributed by atoms with E-state index < -0.39 is 0 Å². The monoisotopic (exact) mass is 396 g/mol. The lowest BCUT2D eigenvalue weighted by Gasteiger charge is -2.26. The predicted octanol–water partition coefficient (Wildman–Crippen LogP) is 8.29. The average Bonchev–Trinajstić information content (AvgIpc) is 2.87. The molecule has 0 atom stereocenters. The Balaban J connectivity index is 1.52. The van der Waals surface area contributed by atoms with Gasteiger partial charge in [0.25, 0.3) is 0 Å². The molecule has 147 valence electrons. The van der Waals surface area contributed by atoms with Crippen molar-refractivity contribution in [1.82, 2.24) is 0 Å². The number of anilines is 3. The molecule has 0 unspecified atom stereocenters. The van der Waals surface area contributed by atoms with Crippen molar-refractivity contribution >= 4 is 17.1 Å². The van der Waals surface area contributed by atoms with Crippen LogP contribution in [0.3, 0.4) is 0 Å². The van der Waals surface area contributed by atoms with Crippen LogP contribution in [-0.4, -0.2) is 0 Å². The van der Waals surface area contributed by atoms with Crippen molar-refractivity contribution in [3.8, 4) is 22.3 Å². The van der Waals surface area contributed by atoms with Crippen LogP contribution in [0.15, 0.2) is 133 Å². The molecule has 0 saturated heterocycles. The zero-order valence-electron chi connectivity index (χ0n) is 17.1. The molecule has 5 rings (SSSR count). The van der Waals surface area contributed by atoms with Gasteiger partial charge in [-0.15, -0.1) is 0 Å². The molecular formula is C30H22N. The summed E-state index contributed by atoms with van der Waals surface area (Å²) in [6.07, 6.45) is 0. The van der Waals surface area contributed by atoms with E-state index in [0.717, 1.165) is 17.1 Å². The fraction of sp³-hybridized carbons (Fsp3) is 0.